The van der Waals surface area contributed by atoms with E-state index in [1.165, 1.54) is 0 Å². The van der Waals surface area contributed by atoms with Gasteiger partial charge in [-0.05, 0) is 43.7 Å². The van der Waals surface area contributed by atoms with Crippen molar-refractivity contribution in [2.75, 3.05) is 19.7 Å². The Morgan fingerprint density at radius 3 is 2.27 bits per heavy atom. The average molecular weight is 376 g/mol. The number of benzene rings is 2. The lowest BCUT2D eigenvalue weighted by atomic mass is 10.1. The molecular formula is C19H24N2O4S. The summed E-state index contributed by atoms with van der Waals surface area (Å²) < 4.78 is 32.1. The molecule has 26 heavy (non-hydrogen) atoms. The minimum Gasteiger partial charge on any atom is -0.494 e. The van der Waals surface area contributed by atoms with Crippen molar-refractivity contribution in [3.63, 3.8) is 0 Å². The normalized spacial score (nSPS) is 11.2. The Hall–Kier alpha value is -2.38. The van der Waals surface area contributed by atoms with Crippen molar-refractivity contribution in [3.8, 4) is 5.75 Å². The molecule has 0 radical (unpaired) electrons. The molecule has 0 bridgehead atoms. The minimum absolute atomic E-state index is 0.130. The molecule has 2 aromatic carbocycles. The Labute approximate surface area is 154 Å². The zero-order chi connectivity index (χ0) is 19.0. The summed E-state index contributed by atoms with van der Waals surface area (Å²) in [6.45, 7) is 4.75. The molecule has 2 N–H and O–H groups in total. The molecule has 2 rings (SSSR count). The summed E-state index contributed by atoms with van der Waals surface area (Å²) in [6, 6.07) is 13.9. The summed E-state index contributed by atoms with van der Waals surface area (Å²) in [7, 11) is -3.56. The molecule has 2 aromatic rings. The van der Waals surface area contributed by atoms with Crippen molar-refractivity contribution in [3.05, 3.63) is 59.7 Å². The van der Waals surface area contributed by atoms with Crippen molar-refractivity contribution in [2.24, 2.45) is 0 Å². The first kappa shape index (κ1) is 19.9. The predicted octanol–water partition coefficient (Wildman–Crippen LogP) is 2.03. The van der Waals surface area contributed by atoms with Gasteiger partial charge in [0.05, 0.1) is 17.9 Å². The molecule has 0 aliphatic heterocycles. The van der Waals surface area contributed by atoms with Gasteiger partial charge in [0.15, 0.2) is 0 Å². The van der Waals surface area contributed by atoms with E-state index < -0.39 is 10.0 Å². The highest BCUT2D eigenvalue weighted by Gasteiger charge is 2.12. The van der Waals surface area contributed by atoms with Gasteiger partial charge in [-0.2, -0.15) is 0 Å². The third-order valence-corrected chi connectivity index (χ3v) is 5.15. The van der Waals surface area contributed by atoms with E-state index in [4.69, 9.17) is 4.74 Å². The number of amides is 1. The van der Waals surface area contributed by atoms with E-state index in [0.717, 1.165) is 16.9 Å². The van der Waals surface area contributed by atoms with E-state index in [2.05, 4.69) is 10.0 Å². The number of carbonyl (C=O) groups is 1. The maximum Gasteiger partial charge on any atom is 0.240 e. The minimum atomic E-state index is -3.56. The summed E-state index contributed by atoms with van der Waals surface area (Å²) in [5.41, 5.74) is 1.86. The number of nitrogens with one attached hydrogen (secondary N) is 2. The van der Waals surface area contributed by atoms with Gasteiger partial charge in [-0.1, -0.05) is 29.8 Å². The average Bonchev–Trinajstić information content (AvgIpc) is 2.61. The molecule has 0 unspecified atom stereocenters. The third-order valence-electron chi connectivity index (χ3n) is 3.67. The van der Waals surface area contributed by atoms with Gasteiger partial charge >= 0.3 is 0 Å². The highest BCUT2D eigenvalue weighted by Crippen LogP contribution is 2.12. The molecule has 0 spiro atoms. The van der Waals surface area contributed by atoms with Crippen LogP contribution in [0.15, 0.2) is 53.4 Å². The Morgan fingerprint density at radius 1 is 1.00 bits per heavy atom. The van der Waals surface area contributed by atoms with Crippen LogP contribution in [-0.2, 0) is 21.2 Å². The number of hydrogen-bond donors (Lipinski definition) is 2. The number of ether oxygens (including phenoxy) is 1. The molecule has 6 nitrogen and oxygen atoms in total. The maximum atomic E-state index is 12.1. The van der Waals surface area contributed by atoms with Crippen LogP contribution in [0.5, 0.6) is 5.75 Å². The van der Waals surface area contributed by atoms with Gasteiger partial charge < -0.3 is 10.1 Å². The maximum absolute atomic E-state index is 12.1. The highest BCUT2D eigenvalue weighted by molar-refractivity contribution is 7.89. The summed E-state index contributed by atoms with van der Waals surface area (Å²) in [5, 5.41) is 2.71. The number of aryl methyl sites for hydroxylation is 1. The van der Waals surface area contributed by atoms with Crippen LogP contribution < -0.4 is 14.8 Å². The largest absolute Gasteiger partial charge is 0.494 e. The van der Waals surface area contributed by atoms with E-state index in [-0.39, 0.29) is 30.3 Å². The van der Waals surface area contributed by atoms with Gasteiger partial charge in [-0.3, -0.25) is 4.79 Å². The summed E-state index contributed by atoms with van der Waals surface area (Å²) in [4.78, 5) is 12.1. The van der Waals surface area contributed by atoms with Gasteiger partial charge in [0.25, 0.3) is 0 Å². The first-order chi connectivity index (χ1) is 12.4. The summed E-state index contributed by atoms with van der Waals surface area (Å²) >= 11 is 0. The zero-order valence-electron chi connectivity index (χ0n) is 15.0. The Balaban J connectivity index is 1.75. The van der Waals surface area contributed by atoms with E-state index in [1.54, 1.807) is 24.3 Å². The first-order valence-electron chi connectivity index (χ1n) is 8.45. The van der Waals surface area contributed by atoms with Gasteiger partial charge in [0, 0.05) is 13.1 Å². The summed E-state index contributed by atoms with van der Waals surface area (Å²) in [5.74, 6) is 0.603. The molecule has 140 valence electrons. The quantitative estimate of drug-likeness (QED) is 0.656. The second-order valence-corrected chi connectivity index (χ2v) is 7.58. The van der Waals surface area contributed by atoms with Crippen molar-refractivity contribution >= 4 is 15.9 Å². The summed E-state index contributed by atoms with van der Waals surface area (Å²) in [6.07, 6.45) is 0.233. The lowest BCUT2D eigenvalue weighted by molar-refractivity contribution is -0.120. The van der Waals surface area contributed by atoms with Crippen LogP contribution in [0.2, 0.25) is 0 Å². The molecule has 0 fully saturated rings. The van der Waals surface area contributed by atoms with Crippen LogP contribution in [0.4, 0.5) is 0 Å². The fourth-order valence-electron chi connectivity index (χ4n) is 2.31. The lowest BCUT2D eigenvalue weighted by Crippen LogP contribution is -2.35. The van der Waals surface area contributed by atoms with Gasteiger partial charge in [-0.15, -0.1) is 0 Å². The van der Waals surface area contributed by atoms with Crippen LogP contribution in [0.25, 0.3) is 0 Å². The molecule has 0 saturated heterocycles. The zero-order valence-corrected chi connectivity index (χ0v) is 15.8. The topological polar surface area (TPSA) is 84.5 Å². The Kier molecular flexibility index (Phi) is 7.17. The van der Waals surface area contributed by atoms with Crippen molar-refractivity contribution < 1.29 is 17.9 Å². The second kappa shape index (κ2) is 9.35. The number of sulfonamides is 1. The van der Waals surface area contributed by atoms with E-state index in [0.29, 0.717) is 6.61 Å². The van der Waals surface area contributed by atoms with Crippen LogP contribution in [0.1, 0.15) is 18.1 Å². The number of hydrogen-bond acceptors (Lipinski definition) is 4. The smallest absolute Gasteiger partial charge is 0.240 e. The van der Waals surface area contributed by atoms with Crippen molar-refractivity contribution in [2.45, 2.75) is 25.2 Å². The Bertz CT molecular complexity index is 816. The number of rotatable bonds is 9. The van der Waals surface area contributed by atoms with Gasteiger partial charge in [0.2, 0.25) is 15.9 Å². The monoisotopic (exact) mass is 376 g/mol. The third kappa shape index (κ3) is 6.16. The molecule has 0 saturated carbocycles. The molecule has 1 amide bonds. The van der Waals surface area contributed by atoms with Crippen LogP contribution in [-0.4, -0.2) is 34.0 Å². The molecule has 0 heterocycles. The fourth-order valence-corrected chi connectivity index (χ4v) is 3.34. The van der Waals surface area contributed by atoms with E-state index in [1.807, 2.05) is 38.1 Å². The van der Waals surface area contributed by atoms with Crippen molar-refractivity contribution in [1.82, 2.24) is 10.0 Å². The molecule has 0 aliphatic rings. The van der Waals surface area contributed by atoms with Gasteiger partial charge in [0.1, 0.15) is 5.75 Å². The molecule has 0 aliphatic carbocycles. The fraction of sp³-hybridized carbons (Fsp3) is 0.316. The second-order valence-electron chi connectivity index (χ2n) is 5.81. The van der Waals surface area contributed by atoms with Crippen LogP contribution in [0.3, 0.4) is 0 Å². The molecule has 0 atom stereocenters. The molecule has 0 aromatic heterocycles. The van der Waals surface area contributed by atoms with E-state index >= 15 is 0 Å². The first-order valence-corrected chi connectivity index (χ1v) is 9.94. The molecular weight excluding hydrogens is 352 g/mol. The van der Waals surface area contributed by atoms with Gasteiger partial charge in [-0.25, -0.2) is 13.1 Å². The SMILES string of the molecule is CCOc1ccc(CC(=O)NCCNS(=O)(=O)c2ccc(C)cc2)cc1. The number of carbonyl (C=O) groups excluding carboxylic acids is 1. The van der Waals surface area contributed by atoms with Crippen LogP contribution >= 0.6 is 0 Å². The standard InChI is InChI=1S/C19H24N2O4S/c1-3-25-17-8-6-16(7-9-17)14-19(22)20-12-13-21-26(23,24)18-10-4-15(2)5-11-18/h4-11,21H,3,12-14H2,1-2H3,(H,20,22). The molecule has 7 heteroatoms. The highest BCUT2D eigenvalue weighted by atomic mass is 32.2. The lowest BCUT2D eigenvalue weighted by Gasteiger charge is -2.09. The predicted molar refractivity (Wildman–Crippen MR) is 101 cm³/mol. The van der Waals surface area contributed by atoms with Crippen LogP contribution in [0, 0.1) is 6.92 Å². The van der Waals surface area contributed by atoms with Crippen molar-refractivity contribution in [1.29, 1.82) is 0 Å². The Morgan fingerprint density at radius 2 is 1.65 bits per heavy atom. The van der Waals surface area contributed by atoms with E-state index in [9.17, 15) is 13.2 Å².